The van der Waals surface area contributed by atoms with Crippen LogP contribution in [0.4, 0.5) is 5.82 Å². The third-order valence-corrected chi connectivity index (χ3v) is 4.28. The Kier molecular flexibility index (Phi) is 3.20. The molecule has 4 nitrogen and oxygen atoms in total. The first kappa shape index (κ1) is 12.8. The lowest BCUT2D eigenvalue weighted by Gasteiger charge is -2.43. The van der Waals surface area contributed by atoms with Crippen molar-refractivity contribution in [2.45, 2.75) is 25.6 Å². The van der Waals surface area contributed by atoms with Gasteiger partial charge >= 0.3 is 0 Å². The summed E-state index contributed by atoms with van der Waals surface area (Å²) in [7, 11) is 0. The van der Waals surface area contributed by atoms with E-state index in [2.05, 4.69) is 41.2 Å². The summed E-state index contributed by atoms with van der Waals surface area (Å²) in [6.07, 6.45) is 1.95. The Morgan fingerprint density at radius 3 is 3.16 bits per heavy atom. The Labute approximate surface area is 117 Å². The summed E-state index contributed by atoms with van der Waals surface area (Å²) in [4.78, 5) is 6.87. The van der Waals surface area contributed by atoms with Gasteiger partial charge < -0.3 is 15.4 Å². The van der Waals surface area contributed by atoms with Crippen molar-refractivity contribution in [3.05, 3.63) is 23.7 Å². The molecule has 2 aromatic heterocycles. The fourth-order valence-electron chi connectivity index (χ4n) is 2.71. The molecule has 0 amide bonds. The first-order valence-corrected chi connectivity index (χ1v) is 7.42. The van der Waals surface area contributed by atoms with E-state index < -0.39 is 0 Å². The van der Waals surface area contributed by atoms with Crippen LogP contribution in [0.25, 0.3) is 10.1 Å². The van der Waals surface area contributed by atoms with Gasteiger partial charge in [0.1, 0.15) is 5.82 Å². The minimum absolute atomic E-state index is 0.0689. The van der Waals surface area contributed by atoms with Crippen LogP contribution in [0.1, 0.15) is 13.8 Å². The van der Waals surface area contributed by atoms with Gasteiger partial charge in [-0.2, -0.15) is 0 Å². The van der Waals surface area contributed by atoms with Crippen LogP contribution in [0.15, 0.2) is 23.7 Å². The molecule has 102 valence electrons. The molecule has 2 N–H and O–H groups in total. The summed E-state index contributed by atoms with van der Waals surface area (Å²) in [5.41, 5.74) is 5.59. The highest BCUT2D eigenvalue weighted by molar-refractivity contribution is 7.17. The largest absolute Gasteiger partial charge is 0.367 e. The maximum atomic E-state index is 5.98. The van der Waals surface area contributed by atoms with Crippen molar-refractivity contribution in [1.29, 1.82) is 0 Å². The van der Waals surface area contributed by atoms with Crippen LogP contribution in [0.3, 0.4) is 0 Å². The molecule has 2 aromatic rings. The van der Waals surface area contributed by atoms with Gasteiger partial charge in [-0.05, 0) is 31.4 Å². The van der Waals surface area contributed by atoms with E-state index in [9.17, 15) is 0 Å². The molecule has 0 spiro atoms. The zero-order valence-electron chi connectivity index (χ0n) is 11.3. The van der Waals surface area contributed by atoms with Gasteiger partial charge in [-0.15, -0.1) is 11.3 Å². The normalized spacial score (nSPS) is 22.9. The van der Waals surface area contributed by atoms with Crippen molar-refractivity contribution >= 4 is 27.2 Å². The van der Waals surface area contributed by atoms with Gasteiger partial charge in [0.25, 0.3) is 0 Å². The van der Waals surface area contributed by atoms with Gasteiger partial charge in [0.05, 0.1) is 11.7 Å². The van der Waals surface area contributed by atoms with Crippen LogP contribution in [0, 0.1) is 0 Å². The molecule has 0 radical (unpaired) electrons. The van der Waals surface area contributed by atoms with Crippen LogP contribution in [0.5, 0.6) is 0 Å². The average Bonchev–Trinajstić information content (AvgIpc) is 2.84. The SMILES string of the molecule is CC1(C)CN(c2nccc3sccc23)CC(CN)O1. The highest BCUT2D eigenvalue weighted by atomic mass is 32.1. The number of hydrogen-bond donors (Lipinski definition) is 1. The Balaban J connectivity index is 1.98. The van der Waals surface area contributed by atoms with Gasteiger partial charge in [0.2, 0.25) is 0 Å². The highest BCUT2D eigenvalue weighted by Crippen LogP contribution is 2.32. The minimum Gasteiger partial charge on any atom is -0.367 e. The number of thiophene rings is 1. The molecule has 5 heteroatoms. The molecule has 1 aliphatic heterocycles. The van der Waals surface area contributed by atoms with E-state index in [1.165, 1.54) is 10.1 Å². The molecule has 0 bridgehead atoms. The molecule has 1 aliphatic rings. The fourth-order valence-corrected chi connectivity index (χ4v) is 3.49. The first-order chi connectivity index (χ1) is 9.09. The van der Waals surface area contributed by atoms with Crippen molar-refractivity contribution in [1.82, 2.24) is 4.98 Å². The Morgan fingerprint density at radius 2 is 2.37 bits per heavy atom. The number of pyridine rings is 1. The number of hydrogen-bond acceptors (Lipinski definition) is 5. The quantitative estimate of drug-likeness (QED) is 0.914. The zero-order chi connectivity index (χ0) is 13.5. The number of nitrogens with two attached hydrogens (primary N) is 1. The second kappa shape index (κ2) is 4.74. The molecular formula is C14H19N3OS. The maximum Gasteiger partial charge on any atom is 0.137 e. The van der Waals surface area contributed by atoms with Crippen LogP contribution >= 0.6 is 11.3 Å². The monoisotopic (exact) mass is 277 g/mol. The van der Waals surface area contributed by atoms with Crippen molar-refractivity contribution in [3.63, 3.8) is 0 Å². The number of morpholine rings is 1. The van der Waals surface area contributed by atoms with E-state index in [4.69, 9.17) is 10.5 Å². The lowest BCUT2D eigenvalue weighted by molar-refractivity contribution is -0.0789. The standard InChI is InChI=1S/C14H19N3OS/c1-14(2)9-17(8-10(7-15)18-14)13-11-4-6-19-12(11)3-5-16-13/h3-6,10H,7-9,15H2,1-2H3. The number of rotatable bonds is 2. The van der Waals surface area contributed by atoms with Gasteiger partial charge in [0.15, 0.2) is 0 Å². The van der Waals surface area contributed by atoms with Crippen LogP contribution in [-0.4, -0.2) is 36.3 Å². The molecule has 0 aliphatic carbocycles. The molecule has 3 rings (SSSR count). The molecular weight excluding hydrogens is 258 g/mol. The summed E-state index contributed by atoms with van der Waals surface area (Å²) in [5, 5.41) is 3.34. The topological polar surface area (TPSA) is 51.4 Å². The van der Waals surface area contributed by atoms with E-state index >= 15 is 0 Å². The summed E-state index contributed by atoms with van der Waals surface area (Å²) < 4.78 is 7.25. The predicted octanol–water partition coefficient (Wildman–Crippen LogP) is 2.24. The van der Waals surface area contributed by atoms with E-state index in [1.807, 2.05) is 6.20 Å². The summed E-state index contributed by atoms with van der Waals surface area (Å²) in [6, 6.07) is 4.21. The lowest BCUT2D eigenvalue weighted by atomic mass is 10.0. The Morgan fingerprint density at radius 1 is 1.53 bits per heavy atom. The highest BCUT2D eigenvalue weighted by Gasteiger charge is 2.33. The molecule has 1 atom stereocenters. The Hall–Kier alpha value is -1.17. The molecule has 1 saturated heterocycles. The number of nitrogens with zero attached hydrogens (tertiary/aromatic N) is 2. The maximum absolute atomic E-state index is 5.98. The molecule has 1 fully saturated rings. The lowest BCUT2D eigenvalue weighted by Crippen LogP contribution is -2.55. The van der Waals surface area contributed by atoms with Gasteiger partial charge in [-0.25, -0.2) is 4.98 Å². The third kappa shape index (κ3) is 2.45. The summed E-state index contributed by atoms with van der Waals surface area (Å²) in [5.74, 6) is 1.05. The molecule has 0 saturated carbocycles. The van der Waals surface area contributed by atoms with E-state index in [0.717, 1.165) is 18.9 Å². The first-order valence-electron chi connectivity index (χ1n) is 6.54. The number of anilines is 1. The second-order valence-corrected chi connectivity index (χ2v) is 6.53. The third-order valence-electron chi connectivity index (χ3n) is 3.40. The van der Waals surface area contributed by atoms with Crippen LogP contribution in [-0.2, 0) is 4.74 Å². The molecule has 19 heavy (non-hydrogen) atoms. The Bertz CT molecular complexity index is 581. The van der Waals surface area contributed by atoms with E-state index in [-0.39, 0.29) is 11.7 Å². The molecule has 1 unspecified atom stereocenters. The molecule has 0 aromatic carbocycles. The van der Waals surface area contributed by atoms with Crippen LogP contribution < -0.4 is 10.6 Å². The van der Waals surface area contributed by atoms with Crippen molar-refractivity contribution in [2.75, 3.05) is 24.5 Å². The van der Waals surface area contributed by atoms with Gasteiger partial charge in [0, 0.05) is 35.9 Å². The van der Waals surface area contributed by atoms with Crippen molar-refractivity contribution in [2.24, 2.45) is 5.73 Å². The number of ether oxygens (including phenoxy) is 1. The average molecular weight is 277 g/mol. The smallest absolute Gasteiger partial charge is 0.137 e. The van der Waals surface area contributed by atoms with E-state index in [1.54, 1.807) is 11.3 Å². The molecule has 3 heterocycles. The zero-order valence-corrected chi connectivity index (χ0v) is 12.1. The number of fused-ring (bicyclic) bond motifs is 1. The second-order valence-electron chi connectivity index (χ2n) is 5.58. The fraction of sp³-hybridized carbons (Fsp3) is 0.500. The van der Waals surface area contributed by atoms with Crippen molar-refractivity contribution in [3.8, 4) is 0 Å². The predicted molar refractivity (Wildman–Crippen MR) is 79.8 cm³/mol. The van der Waals surface area contributed by atoms with Crippen LogP contribution in [0.2, 0.25) is 0 Å². The van der Waals surface area contributed by atoms with Crippen molar-refractivity contribution < 1.29 is 4.74 Å². The van der Waals surface area contributed by atoms with E-state index in [0.29, 0.717) is 6.54 Å². The number of aromatic nitrogens is 1. The summed E-state index contributed by atoms with van der Waals surface area (Å²) in [6.45, 7) is 6.40. The minimum atomic E-state index is -0.192. The summed E-state index contributed by atoms with van der Waals surface area (Å²) >= 11 is 1.75. The van der Waals surface area contributed by atoms with Gasteiger partial charge in [-0.1, -0.05) is 0 Å². The van der Waals surface area contributed by atoms with Gasteiger partial charge in [-0.3, -0.25) is 0 Å².